The zero-order valence-corrected chi connectivity index (χ0v) is 5.72. The lowest BCUT2D eigenvalue weighted by molar-refractivity contribution is 0.193. The predicted molar refractivity (Wildman–Crippen MR) is 34.6 cm³/mol. The molecule has 0 saturated heterocycles. The van der Waals surface area contributed by atoms with Crippen LogP contribution in [0.5, 0.6) is 0 Å². The number of likely N-dealkylation sites (N-methyl/N-ethyl adjacent to an activating group) is 1. The molecule has 0 radical (unpaired) electrons. The van der Waals surface area contributed by atoms with Crippen LogP contribution in [0.3, 0.4) is 0 Å². The summed E-state index contributed by atoms with van der Waals surface area (Å²) in [7, 11) is 3.78. The van der Waals surface area contributed by atoms with Crippen LogP contribution >= 0.6 is 0 Å². The van der Waals surface area contributed by atoms with Gasteiger partial charge in [-0.3, -0.25) is 0 Å². The molecule has 0 aromatic heterocycles. The van der Waals surface area contributed by atoms with Crippen molar-refractivity contribution in [1.29, 1.82) is 0 Å². The molecule has 0 saturated carbocycles. The summed E-state index contributed by atoms with van der Waals surface area (Å²) in [6.45, 7) is 1.23. The molecule has 0 fully saturated rings. The van der Waals surface area contributed by atoms with Crippen LogP contribution in [0.2, 0.25) is 0 Å². The Morgan fingerprint density at radius 3 is 2.56 bits per heavy atom. The molecule has 0 aliphatic rings. The number of hydrogen-bond donors (Lipinski definition) is 2. The largest absolute Gasteiger partial charge is 0.465 e. The van der Waals surface area contributed by atoms with Gasteiger partial charge in [-0.25, -0.2) is 4.79 Å². The monoisotopic (exact) mass is 132 g/mol. The summed E-state index contributed by atoms with van der Waals surface area (Å²) >= 11 is 0. The van der Waals surface area contributed by atoms with Gasteiger partial charge in [0.05, 0.1) is 0 Å². The number of amides is 1. The fourth-order valence-electron chi connectivity index (χ4n) is 0.386. The molecule has 0 spiro atoms. The molecule has 54 valence electrons. The van der Waals surface area contributed by atoms with E-state index >= 15 is 0 Å². The Morgan fingerprint density at radius 2 is 2.22 bits per heavy atom. The smallest absolute Gasteiger partial charge is 0.404 e. The first-order chi connectivity index (χ1) is 4.13. The van der Waals surface area contributed by atoms with Crippen LogP contribution in [0.15, 0.2) is 0 Å². The quantitative estimate of drug-likeness (QED) is 0.560. The highest BCUT2D eigenvalue weighted by molar-refractivity contribution is 5.64. The number of rotatable bonds is 3. The number of carboxylic acid groups (broad SMARTS) is 1. The summed E-state index contributed by atoms with van der Waals surface area (Å²) in [6, 6.07) is 0. The maximum absolute atomic E-state index is 9.85. The molecule has 1 amide bonds. The number of hydrogen-bond acceptors (Lipinski definition) is 2. The highest BCUT2D eigenvalue weighted by atomic mass is 16.4. The number of carbonyl (C=O) groups is 1. The van der Waals surface area contributed by atoms with E-state index < -0.39 is 6.09 Å². The van der Waals surface area contributed by atoms with Crippen molar-refractivity contribution in [2.75, 3.05) is 27.2 Å². The normalized spacial score (nSPS) is 9.67. The van der Waals surface area contributed by atoms with Gasteiger partial charge in [-0.05, 0) is 14.1 Å². The van der Waals surface area contributed by atoms with E-state index in [4.69, 9.17) is 5.11 Å². The van der Waals surface area contributed by atoms with Crippen LogP contribution in [-0.2, 0) is 0 Å². The Kier molecular flexibility index (Phi) is 3.79. The van der Waals surface area contributed by atoms with Gasteiger partial charge in [0.1, 0.15) is 0 Å². The Hall–Kier alpha value is -0.770. The maximum Gasteiger partial charge on any atom is 0.404 e. The van der Waals surface area contributed by atoms with E-state index in [-0.39, 0.29) is 0 Å². The van der Waals surface area contributed by atoms with Gasteiger partial charge in [-0.2, -0.15) is 0 Å². The van der Waals surface area contributed by atoms with Gasteiger partial charge in [0, 0.05) is 13.1 Å². The average molecular weight is 132 g/mol. The van der Waals surface area contributed by atoms with Crippen molar-refractivity contribution >= 4 is 6.09 Å². The molecule has 0 heterocycles. The van der Waals surface area contributed by atoms with E-state index in [2.05, 4.69) is 5.32 Å². The molecule has 0 bridgehead atoms. The van der Waals surface area contributed by atoms with Crippen LogP contribution < -0.4 is 5.32 Å². The first-order valence-electron chi connectivity index (χ1n) is 2.74. The van der Waals surface area contributed by atoms with E-state index in [1.165, 1.54) is 0 Å². The third-order valence-electron chi connectivity index (χ3n) is 0.835. The standard InChI is InChI=1S/C5H12N2O2/c1-7(2)4-3-6-5(8)9/h6H,3-4H2,1-2H3,(H,8,9). The van der Waals surface area contributed by atoms with E-state index in [0.29, 0.717) is 6.54 Å². The molecular weight excluding hydrogens is 120 g/mol. The van der Waals surface area contributed by atoms with Crippen LogP contribution in [0.25, 0.3) is 0 Å². The van der Waals surface area contributed by atoms with Crippen molar-refractivity contribution in [3.05, 3.63) is 0 Å². The lowest BCUT2D eigenvalue weighted by atomic mass is 10.6. The molecule has 4 nitrogen and oxygen atoms in total. The molecule has 9 heavy (non-hydrogen) atoms. The minimum absolute atomic E-state index is 0.488. The summed E-state index contributed by atoms with van der Waals surface area (Å²) in [5.41, 5.74) is 0. The lowest BCUT2D eigenvalue weighted by Gasteiger charge is -2.07. The molecule has 0 unspecified atom stereocenters. The Balaban J connectivity index is 3.01. The fraction of sp³-hybridized carbons (Fsp3) is 0.800. The molecule has 0 aromatic rings. The first kappa shape index (κ1) is 8.23. The van der Waals surface area contributed by atoms with Crippen molar-refractivity contribution in [3.63, 3.8) is 0 Å². The minimum Gasteiger partial charge on any atom is -0.465 e. The zero-order chi connectivity index (χ0) is 7.28. The van der Waals surface area contributed by atoms with E-state index in [0.717, 1.165) is 6.54 Å². The first-order valence-corrected chi connectivity index (χ1v) is 2.74. The lowest BCUT2D eigenvalue weighted by Crippen LogP contribution is -2.29. The van der Waals surface area contributed by atoms with Gasteiger partial charge in [-0.1, -0.05) is 0 Å². The summed E-state index contributed by atoms with van der Waals surface area (Å²) in [4.78, 5) is 11.8. The molecule has 4 heteroatoms. The zero-order valence-electron chi connectivity index (χ0n) is 5.72. The molecule has 0 atom stereocenters. The summed E-state index contributed by atoms with van der Waals surface area (Å²) < 4.78 is 0. The average Bonchev–Trinajstić information content (AvgIpc) is 1.63. The molecule has 0 aromatic carbocycles. The maximum atomic E-state index is 9.85. The second-order valence-corrected chi connectivity index (χ2v) is 2.04. The van der Waals surface area contributed by atoms with Crippen LogP contribution in [0, 0.1) is 0 Å². The van der Waals surface area contributed by atoms with Crippen LogP contribution in [0.4, 0.5) is 4.79 Å². The van der Waals surface area contributed by atoms with Crippen molar-refractivity contribution in [2.45, 2.75) is 0 Å². The Morgan fingerprint density at radius 1 is 1.67 bits per heavy atom. The molecular formula is C5H12N2O2. The number of nitrogens with zero attached hydrogens (tertiary/aromatic N) is 1. The highest BCUT2D eigenvalue weighted by Gasteiger charge is 1.92. The Labute approximate surface area is 54.5 Å². The number of nitrogens with one attached hydrogen (secondary N) is 1. The van der Waals surface area contributed by atoms with Crippen molar-refractivity contribution < 1.29 is 9.90 Å². The molecule has 0 aliphatic heterocycles. The van der Waals surface area contributed by atoms with Crippen molar-refractivity contribution in [1.82, 2.24) is 10.2 Å². The fourth-order valence-corrected chi connectivity index (χ4v) is 0.386. The molecule has 2 N–H and O–H groups in total. The van der Waals surface area contributed by atoms with Gasteiger partial charge in [-0.15, -0.1) is 0 Å². The van der Waals surface area contributed by atoms with Crippen LogP contribution in [-0.4, -0.2) is 43.3 Å². The van der Waals surface area contributed by atoms with Crippen LogP contribution in [0.1, 0.15) is 0 Å². The second-order valence-electron chi connectivity index (χ2n) is 2.04. The van der Waals surface area contributed by atoms with Gasteiger partial charge in [0.25, 0.3) is 0 Å². The second kappa shape index (κ2) is 4.14. The summed E-state index contributed by atoms with van der Waals surface area (Å²) in [5, 5.41) is 10.3. The minimum atomic E-state index is -0.961. The third-order valence-corrected chi connectivity index (χ3v) is 0.835. The molecule has 0 rings (SSSR count). The van der Waals surface area contributed by atoms with E-state index in [1.807, 2.05) is 19.0 Å². The van der Waals surface area contributed by atoms with E-state index in [9.17, 15) is 4.79 Å². The van der Waals surface area contributed by atoms with Gasteiger partial charge in [0.2, 0.25) is 0 Å². The topological polar surface area (TPSA) is 52.6 Å². The summed E-state index contributed by atoms with van der Waals surface area (Å²) in [6.07, 6.45) is -0.961. The summed E-state index contributed by atoms with van der Waals surface area (Å²) in [5.74, 6) is 0. The highest BCUT2D eigenvalue weighted by Crippen LogP contribution is 1.69. The third kappa shape index (κ3) is 7.23. The van der Waals surface area contributed by atoms with Crippen molar-refractivity contribution in [3.8, 4) is 0 Å². The van der Waals surface area contributed by atoms with Gasteiger partial charge < -0.3 is 15.3 Å². The van der Waals surface area contributed by atoms with Gasteiger partial charge >= 0.3 is 6.09 Å². The predicted octanol–water partition coefficient (Wildman–Crippen LogP) is -0.184. The molecule has 0 aliphatic carbocycles. The van der Waals surface area contributed by atoms with Gasteiger partial charge in [0.15, 0.2) is 0 Å². The van der Waals surface area contributed by atoms with Crippen molar-refractivity contribution in [2.24, 2.45) is 0 Å². The Bertz CT molecular complexity index is 93.0. The van der Waals surface area contributed by atoms with E-state index in [1.54, 1.807) is 0 Å². The SMILES string of the molecule is CN(C)CCNC(=O)O.